The molecule has 0 aliphatic rings. The number of anilines is 1. The number of aliphatic hydroxyl groups excluding tert-OH is 1. The molecule has 2 N–H and O–H groups in total. The van der Waals surface area contributed by atoms with Gasteiger partial charge < -0.3 is 9.52 Å². The summed E-state index contributed by atoms with van der Waals surface area (Å²) in [6.07, 6.45) is 0. The Labute approximate surface area is 109 Å². The van der Waals surface area contributed by atoms with E-state index in [0.717, 1.165) is 6.07 Å². The van der Waals surface area contributed by atoms with Crippen LogP contribution in [0.3, 0.4) is 0 Å². The van der Waals surface area contributed by atoms with Gasteiger partial charge in [0.1, 0.15) is 28.8 Å². The summed E-state index contributed by atoms with van der Waals surface area (Å²) in [5.74, 6) is -0.231. The summed E-state index contributed by atoms with van der Waals surface area (Å²) in [5.41, 5.74) is 0.117. The van der Waals surface area contributed by atoms with E-state index in [1.165, 1.54) is 31.2 Å². The number of furan rings is 1. The van der Waals surface area contributed by atoms with E-state index in [1.54, 1.807) is 0 Å². The van der Waals surface area contributed by atoms with E-state index < -0.39 is 22.4 Å². The average Bonchev–Trinajstić information content (AvgIpc) is 2.71. The Hall–Kier alpha value is -1.86. The third-order valence-corrected chi connectivity index (χ3v) is 3.93. The monoisotopic (exact) mass is 285 g/mol. The second-order valence-electron chi connectivity index (χ2n) is 3.91. The van der Waals surface area contributed by atoms with Crippen LogP contribution >= 0.6 is 0 Å². The van der Waals surface area contributed by atoms with E-state index in [4.69, 9.17) is 9.52 Å². The topological polar surface area (TPSA) is 79.5 Å². The van der Waals surface area contributed by atoms with Crippen LogP contribution in [0.1, 0.15) is 11.5 Å². The molecule has 1 aromatic carbocycles. The van der Waals surface area contributed by atoms with Crippen LogP contribution in [0, 0.1) is 12.7 Å². The molecule has 2 rings (SSSR count). The molecule has 0 unspecified atom stereocenters. The lowest BCUT2D eigenvalue weighted by Gasteiger charge is -2.06. The quantitative estimate of drug-likeness (QED) is 0.900. The van der Waals surface area contributed by atoms with Crippen molar-refractivity contribution in [2.24, 2.45) is 0 Å². The molecular weight excluding hydrogens is 273 g/mol. The maximum Gasteiger partial charge on any atom is 0.265 e. The van der Waals surface area contributed by atoms with Crippen molar-refractivity contribution in [2.75, 3.05) is 4.72 Å². The van der Waals surface area contributed by atoms with Crippen molar-refractivity contribution in [1.82, 2.24) is 0 Å². The van der Waals surface area contributed by atoms with Gasteiger partial charge in [-0.25, -0.2) is 12.8 Å². The molecule has 1 aromatic heterocycles. The van der Waals surface area contributed by atoms with Crippen molar-refractivity contribution in [3.63, 3.8) is 0 Å². The first-order valence-corrected chi connectivity index (χ1v) is 6.89. The van der Waals surface area contributed by atoms with Gasteiger partial charge in [0, 0.05) is 6.07 Å². The lowest BCUT2D eigenvalue weighted by atomic mass is 10.3. The van der Waals surface area contributed by atoms with Crippen molar-refractivity contribution in [3.8, 4) is 0 Å². The highest BCUT2D eigenvalue weighted by Crippen LogP contribution is 2.23. The normalized spacial score (nSPS) is 11.5. The summed E-state index contributed by atoms with van der Waals surface area (Å²) >= 11 is 0. The van der Waals surface area contributed by atoms with Crippen molar-refractivity contribution in [2.45, 2.75) is 18.4 Å². The zero-order chi connectivity index (χ0) is 14.0. The minimum atomic E-state index is -3.87. The molecule has 0 amide bonds. The molecule has 0 aliphatic carbocycles. The predicted molar refractivity (Wildman–Crippen MR) is 66.6 cm³/mol. The largest absolute Gasteiger partial charge is 0.462 e. The molecule has 0 spiro atoms. The molecule has 0 fully saturated rings. The van der Waals surface area contributed by atoms with E-state index in [2.05, 4.69) is 4.72 Å². The maximum absolute atomic E-state index is 13.0. The van der Waals surface area contributed by atoms with Crippen molar-refractivity contribution < 1.29 is 22.3 Å². The molecule has 0 saturated heterocycles. The number of hydrogen-bond donors (Lipinski definition) is 2. The number of halogens is 1. The Bertz CT molecular complexity index is 694. The van der Waals surface area contributed by atoms with Gasteiger partial charge >= 0.3 is 0 Å². The number of aliphatic hydroxyl groups is 1. The zero-order valence-electron chi connectivity index (χ0n) is 10.1. The van der Waals surface area contributed by atoms with Crippen LogP contribution in [-0.2, 0) is 16.6 Å². The minimum Gasteiger partial charge on any atom is -0.462 e. The Morgan fingerprint density at radius 3 is 2.68 bits per heavy atom. The highest BCUT2D eigenvalue weighted by Gasteiger charge is 2.21. The number of benzene rings is 1. The van der Waals surface area contributed by atoms with Crippen LogP contribution in [0.15, 0.2) is 39.6 Å². The van der Waals surface area contributed by atoms with Gasteiger partial charge in [-0.3, -0.25) is 4.72 Å². The Kier molecular flexibility index (Phi) is 3.59. The Morgan fingerprint density at radius 2 is 2.11 bits per heavy atom. The molecule has 0 atom stereocenters. The summed E-state index contributed by atoms with van der Waals surface area (Å²) in [4.78, 5) is -0.0826. The predicted octanol–water partition coefficient (Wildman–Crippen LogP) is 2.02. The Balaban J connectivity index is 2.34. The summed E-state index contributed by atoms with van der Waals surface area (Å²) in [6.45, 7) is 1.08. The second kappa shape index (κ2) is 5.02. The number of nitrogens with one attached hydrogen (secondary N) is 1. The van der Waals surface area contributed by atoms with Crippen molar-refractivity contribution in [1.29, 1.82) is 0 Å². The van der Waals surface area contributed by atoms with E-state index in [1.807, 2.05) is 0 Å². The molecule has 0 aliphatic heterocycles. The van der Waals surface area contributed by atoms with Gasteiger partial charge in [-0.05, 0) is 25.1 Å². The van der Waals surface area contributed by atoms with Crippen LogP contribution < -0.4 is 4.72 Å². The first kappa shape index (κ1) is 13.6. The lowest BCUT2D eigenvalue weighted by Crippen LogP contribution is -2.13. The van der Waals surface area contributed by atoms with Crippen LogP contribution in [0.5, 0.6) is 0 Å². The molecule has 0 radical (unpaired) electrons. The fourth-order valence-electron chi connectivity index (χ4n) is 1.63. The first-order chi connectivity index (χ1) is 8.92. The molecule has 1 heterocycles. The third-order valence-electron chi connectivity index (χ3n) is 2.45. The standard InChI is InChI=1S/C12H12FNO4S/c1-8-12(6-11(7-15)18-8)19(16,17)14-10-4-2-3-9(13)5-10/h2-6,14-15H,7H2,1H3. The van der Waals surface area contributed by atoms with Crippen LogP contribution in [0.2, 0.25) is 0 Å². The first-order valence-electron chi connectivity index (χ1n) is 5.41. The lowest BCUT2D eigenvalue weighted by molar-refractivity contribution is 0.245. The van der Waals surface area contributed by atoms with Gasteiger partial charge in [0.05, 0.1) is 5.69 Å². The van der Waals surface area contributed by atoms with Gasteiger partial charge in [0.15, 0.2) is 0 Å². The third kappa shape index (κ3) is 2.94. The molecule has 5 nitrogen and oxygen atoms in total. The minimum absolute atomic E-state index is 0.0826. The summed E-state index contributed by atoms with van der Waals surface area (Å²) in [5, 5.41) is 8.91. The van der Waals surface area contributed by atoms with E-state index >= 15 is 0 Å². The molecule has 2 aromatic rings. The SMILES string of the molecule is Cc1oc(CO)cc1S(=O)(=O)Nc1cccc(F)c1. The summed E-state index contributed by atoms with van der Waals surface area (Å²) < 4.78 is 44.5. The van der Waals surface area contributed by atoms with Gasteiger partial charge in [-0.15, -0.1) is 0 Å². The van der Waals surface area contributed by atoms with E-state index in [-0.39, 0.29) is 22.1 Å². The number of sulfonamides is 1. The van der Waals surface area contributed by atoms with E-state index in [9.17, 15) is 12.8 Å². The highest BCUT2D eigenvalue weighted by molar-refractivity contribution is 7.92. The number of hydrogen-bond acceptors (Lipinski definition) is 4. The maximum atomic E-state index is 13.0. The number of aryl methyl sites for hydroxylation is 1. The van der Waals surface area contributed by atoms with Crippen molar-refractivity contribution >= 4 is 15.7 Å². The average molecular weight is 285 g/mol. The molecular formula is C12H12FNO4S. The summed E-state index contributed by atoms with van der Waals surface area (Å²) in [7, 11) is -3.87. The fourth-order valence-corrected chi connectivity index (χ4v) is 2.88. The van der Waals surface area contributed by atoms with Crippen LogP contribution in [0.25, 0.3) is 0 Å². The van der Waals surface area contributed by atoms with Gasteiger partial charge in [0.2, 0.25) is 0 Å². The second-order valence-corrected chi connectivity index (χ2v) is 5.56. The van der Waals surface area contributed by atoms with Crippen LogP contribution in [-0.4, -0.2) is 13.5 Å². The van der Waals surface area contributed by atoms with Gasteiger partial charge in [-0.1, -0.05) is 6.07 Å². The zero-order valence-corrected chi connectivity index (χ0v) is 10.9. The summed E-state index contributed by atoms with van der Waals surface area (Å²) in [6, 6.07) is 6.35. The Morgan fingerprint density at radius 1 is 1.37 bits per heavy atom. The molecule has 7 heteroatoms. The van der Waals surface area contributed by atoms with E-state index in [0.29, 0.717) is 0 Å². The van der Waals surface area contributed by atoms with Gasteiger partial charge in [-0.2, -0.15) is 0 Å². The van der Waals surface area contributed by atoms with Crippen molar-refractivity contribution in [3.05, 3.63) is 47.7 Å². The molecule has 19 heavy (non-hydrogen) atoms. The highest BCUT2D eigenvalue weighted by atomic mass is 32.2. The number of rotatable bonds is 4. The molecule has 0 saturated carbocycles. The van der Waals surface area contributed by atoms with Crippen LogP contribution in [0.4, 0.5) is 10.1 Å². The molecule has 102 valence electrons. The molecule has 0 bridgehead atoms. The fraction of sp³-hybridized carbons (Fsp3) is 0.167. The van der Waals surface area contributed by atoms with Gasteiger partial charge in [0.25, 0.3) is 10.0 Å². The smallest absolute Gasteiger partial charge is 0.265 e.